The third-order valence-electron chi connectivity index (χ3n) is 3.63. The van der Waals surface area contributed by atoms with E-state index in [0.29, 0.717) is 5.06 Å². The van der Waals surface area contributed by atoms with E-state index in [1.807, 2.05) is 0 Å². The van der Waals surface area contributed by atoms with Crippen LogP contribution in [-0.2, 0) is 33.5 Å². The summed E-state index contributed by atoms with van der Waals surface area (Å²) in [5.41, 5.74) is -0.664. The van der Waals surface area contributed by atoms with Crippen molar-refractivity contribution in [1.82, 2.24) is 10.4 Å². The van der Waals surface area contributed by atoms with E-state index in [1.165, 1.54) is 0 Å². The molecule has 1 saturated heterocycles. The van der Waals surface area contributed by atoms with Crippen molar-refractivity contribution in [2.75, 3.05) is 0 Å². The van der Waals surface area contributed by atoms with Crippen molar-refractivity contribution in [2.24, 2.45) is 5.92 Å². The van der Waals surface area contributed by atoms with E-state index >= 15 is 0 Å². The van der Waals surface area contributed by atoms with Crippen molar-refractivity contribution in [1.29, 1.82) is 0 Å². The molecule has 9 nitrogen and oxygen atoms in total. The number of hydroxylamine groups is 2. The molecule has 1 N–H and O–H groups in total. The van der Waals surface area contributed by atoms with Gasteiger partial charge < -0.3 is 14.9 Å². The van der Waals surface area contributed by atoms with Gasteiger partial charge in [-0.1, -0.05) is 13.8 Å². The quantitative estimate of drug-likeness (QED) is 0.494. The fourth-order valence-corrected chi connectivity index (χ4v) is 2.31. The molecular formula is C18H28N2O7. The lowest BCUT2D eigenvalue weighted by atomic mass is 10.0. The Balaban J connectivity index is 2.42. The highest BCUT2D eigenvalue weighted by atomic mass is 16.7. The van der Waals surface area contributed by atoms with Crippen molar-refractivity contribution in [3.63, 3.8) is 0 Å². The third-order valence-corrected chi connectivity index (χ3v) is 3.63. The standard InChI is InChI=1S/C18H28N2O7/c1-11(2)16(17(25)26-18(3,4)5)19-12(21)7-6-8-15(24)27-20-13(22)9-10-14(20)23/h11,16H,6-10H2,1-5H3,(H,19,21)/t16-/m0/s1. The summed E-state index contributed by atoms with van der Waals surface area (Å²) in [5, 5.41) is 3.09. The molecule has 1 aliphatic rings. The highest BCUT2D eigenvalue weighted by molar-refractivity contribution is 6.01. The third kappa shape index (κ3) is 7.76. The first-order chi connectivity index (χ1) is 12.4. The molecular weight excluding hydrogens is 356 g/mol. The Morgan fingerprint density at radius 3 is 2.11 bits per heavy atom. The summed E-state index contributed by atoms with van der Waals surface area (Å²) in [7, 11) is 0. The number of nitrogens with one attached hydrogen (secondary N) is 1. The second-order valence-electron chi connectivity index (χ2n) is 7.72. The number of carbonyl (C=O) groups is 5. The van der Waals surface area contributed by atoms with Gasteiger partial charge in [-0.05, 0) is 33.1 Å². The summed E-state index contributed by atoms with van der Waals surface area (Å²) >= 11 is 0. The van der Waals surface area contributed by atoms with Gasteiger partial charge in [0.05, 0.1) is 0 Å². The molecule has 1 atom stereocenters. The van der Waals surface area contributed by atoms with Crippen LogP contribution in [0.25, 0.3) is 0 Å². The monoisotopic (exact) mass is 384 g/mol. The Bertz CT molecular complexity index is 591. The van der Waals surface area contributed by atoms with E-state index in [9.17, 15) is 24.0 Å². The van der Waals surface area contributed by atoms with Crippen LogP contribution in [0.4, 0.5) is 0 Å². The molecule has 0 unspecified atom stereocenters. The zero-order valence-corrected chi connectivity index (χ0v) is 16.5. The first kappa shape index (κ1) is 22.6. The molecule has 0 bridgehead atoms. The summed E-state index contributed by atoms with van der Waals surface area (Å²) in [6, 6.07) is -0.788. The van der Waals surface area contributed by atoms with Crippen LogP contribution < -0.4 is 5.32 Å². The molecule has 1 rings (SSSR count). The second kappa shape index (κ2) is 9.48. The second-order valence-corrected chi connectivity index (χ2v) is 7.72. The molecule has 27 heavy (non-hydrogen) atoms. The Morgan fingerprint density at radius 2 is 1.63 bits per heavy atom. The van der Waals surface area contributed by atoms with Crippen LogP contribution in [0.15, 0.2) is 0 Å². The Morgan fingerprint density at radius 1 is 1.07 bits per heavy atom. The minimum atomic E-state index is -0.788. The van der Waals surface area contributed by atoms with Gasteiger partial charge in [-0.3, -0.25) is 14.4 Å². The van der Waals surface area contributed by atoms with E-state index < -0.39 is 41.3 Å². The van der Waals surface area contributed by atoms with Crippen LogP contribution in [0.5, 0.6) is 0 Å². The van der Waals surface area contributed by atoms with E-state index in [1.54, 1.807) is 34.6 Å². The molecule has 0 radical (unpaired) electrons. The highest BCUT2D eigenvalue weighted by Gasteiger charge is 2.33. The number of nitrogens with zero attached hydrogens (tertiary/aromatic N) is 1. The maximum Gasteiger partial charge on any atom is 0.333 e. The summed E-state index contributed by atoms with van der Waals surface area (Å²) < 4.78 is 5.30. The average molecular weight is 384 g/mol. The lowest BCUT2D eigenvalue weighted by molar-refractivity contribution is -0.197. The summed E-state index contributed by atoms with van der Waals surface area (Å²) in [6.45, 7) is 8.80. The molecule has 0 aliphatic carbocycles. The molecule has 1 heterocycles. The molecule has 0 aromatic rings. The van der Waals surface area contributed by atoms with E-state index in [0.717, 1.165) is 0 Å². The molecule has 152 valence electrons. The smallest absolute Gasteiger partial charge is 0.333 e. The largest absolute Gasteiger partial charge is 0.458 e. The maximum atomic E-state index is 12.2. The first-order valence-corrected chi connectivity index (χ1v) is 8.99. The van der Waals surface area contributed by atoms with Gasteiger partial charge in [0.2, 0.25) is 5.91 Å². The van der Waals surface area contributed by atoms with E-state index in [2.05, 4.69) is 5.32 Å². The molecule has 0 aromatic heterocycles. The van der Waals surface area contributed by atoms with Crippen LogP contribution in [0.3, 0.4) is 0 Å². The average Bonchev–Trinajstić information content (AvgIpc) is 2.82. The van der Waals surface area contributed by atoms with Crippen LogP contribution in [0.2, 0.25) is 0 Å². The van der Waals surface area contributed by atoms with Gasteiger partial charge in [0.25, 0.3) is 11.8 Å². The van der Waals surface area contributed by atoms with Gasteiger partial charge in [-0.2, -0.15) is 0 Å². The van der Waals surface area contributed by atoms with Crippen molar-refractivity contribution < 1.29 is 33.5 Å². The Labute approximate surface area is 158 Å². The van der Waals surface area contributed by atoms with Crippen LogP contribution >= 0.6 is 0 Å². The van der Waals surface area contributed by atoms with Gasteiger partial charge in [0.15, 0.2) is 0 Å². The fraction of sp³-hybridized carbons (Fsp3) is 0.722. The molecule has 0 saturated carbocycles. The van der Waals surface area contributed by atoms with Crippen molar-refractivity contribution in [3.8, 4) is 0 Å². The lowest BCUT2D eigenvalue weighted by Gasteiger charge is -2.26. The molecule has 1 fully saturated rings. The number of imide groups is 1. The van der Waals surface area contributed by atoms with Gasteiger partial charge in [0.1, 0.15) is 11.6 Å². The minimum absolute atomic E-state index is 0.0109. The molecule has 3 amide bonds. The van der Waals surface area contributed by atoms with Crippen LogP contribution in [0.1, 0.15) is 66.7 Å². The summed E-state index contributed by atoms with van der Waals surface area (Å²) in [4.78, 5) is 63.4. The van der Waals surface area contributed by atoms with Gasteiger partial charge in [-0.15, -0.1) is 5.06 Å². The summed E-state index contributed by atoms with van der Waals surface area (Å²) in [5.74, 6) is -2.96. The fourth-order valence-electron chi connectivity index (χ4n) is 2.31. The van der Waals surface area contributed by atoms with Crippen molar-refractivity contribution in [2.45, 2.75) is 78.4 Å². The number of rotatable bonds is 8. The predicted octanol–water partition coefficient (Wildman–Crippen LogP) is 1.25. The SMILES string of the molecule is CC(C)[C@H](NC(=O)CCCC(=O)ON1C(=O)CCC1=O)C(=O)OC(C)(C)C. The molecule has 1 aliphatic heterocycles. The Kier molecular flexibility index (Phi) is 7.93. The van der Waals surface area contributed by atoms with E-state index in [4.69, 9.17) is 9.57 Å². The first-order valence-electron chi connectivity index (χ1n) is 8.99. The lowest BCUT2D eigenvalue weighted by Crippen LogP contribution is -2.47. The number of carbonyl (C=O) groups excluding carboxylic acids is 5. The minimum Gasteiger partial charge on any atom is -0.458 e. The van der Waals surface area contributed by atoms with Crippen LogP contribution in [-0.4, -0.2) is 46.4 Å². The zero-order valence-electron chi connectivity index (χ0n) is 16.5. The Hall–Kier alpha value is -2.45. The predicted molar refractivity (Wildman–Crippen MR) is 93.6 cm³/mol. The molecule has 0 aromatic carbocycles. The number of esters is 1. The zero-order chi connectivity index (χ0) is 20.8. The normalized spacial score (nSPS) is 15.7. The molecule has 9 heteroatoms. The molecule has 0 spiro atoms. The number of amides is 3. The van der Waals surface area contributed by atoms with Gasteiger partial charge in [-0.25, -0.2) is 9.59 Å². The maximum absolute atomic E-state index is 12.2. The highest BCUT2D eigenvalue weighted by Crippen LogP contribution is 2.14. The number of hydrogen-bond donors (Lipinski definition) is 1. The number of ether oxygens (including phenoxy) is 1. The van der Waals surface area contributed by atoms with E-state index in [-0.39, 0.29) is 38.0 Å². The van der Waals surface area contributed by atoms with Crippen molar-refractivity contribution >= 4 is 29.7 Å². The topological polar surface area (TPSA) is 119 Å². The van der Waals surface area contributed by atoms with Gasteiger partial charge in [0, 0.05) is 25.7 Å². The van der Waals surface area contributed by atoms with Crippen LogP contribution in [0, 0.1) is 5.92 Å². The van der Waals surface area contributed by atoms with Gasteiger partial charge >= 0.3 is 11.9 Å². The number of hydrogen-bond acceptors (Lipinski definition) is 7. The summed E-state index contributed by atoms with van der Waals surface area (Å²) in [6.07, 6.45) is 0.0534. The van der Waals surface area contributed by atoms with Crippen molar-refractivity contribution in [3.05, 3.63) is 0 Å².